The average Bonchev–Trinajstić information content (AvgIpc) is 2.65. The number of aromatic nitrogens is 1. The molecule has 0 bridgehead atoms. The third kappa shape index (κ3) is 1.57. The summed E-state index contributed by atoms with van der Waals surface area (Å²) >= 11 is 0. The van der Waals surface area contributed by atoms with E-state index in [0.717, 1.165) is 23.0 Å². The number of fused-ring (bicyclic) bond motifs is 1. The minimum Gasteiger partial charge on any atom is -0.478 e. The van der Waals surface area contributed by atoms with Crippen molar-refractivity contribution in [2.24, 2.45) is 0 Å². The van der Waals surface area contributed by atoms with Gasteiger partial charge in [0, 0.05) is 29.2 Å². The zero-order valence-corrected chi connectivity index (χ0v) is 8.97. The number of nitrogens with zero attached hydrogens (tertiary/aromatic N) is 1. The van der Waals surface area contributed by atoms with Crippen molar-refractivity contribution in [3.05, 3.63) is 35.5 Å². The molecule has 0 aliphatic rings. The maximum absolute atomic E-state index is 10.9. The summed E-state index contributed by atoms with van der Waals surface area (Å²) in [5.41, 5.74) is 1.97. The zero-order valence-electron chi connectivity index (χ0n) is 8.97. The summed E-state index contributed by atoms with van der Waals surface area (Å²) in [6.45, 7) is 2.72. The van der Waals surface area contributed by atoms with E-state index in [1.54, 1.807) is 18.2 Å². The molecule has 16 heavy (non-hydrogen) atoms. The smallest absolute Gasteiger partial charge is 0.335 e. The van der Waals surface area contributed by atoms with Crippen LogP contribution in [0.3, 0.4) is 0 Å². The minimum absolute atomic E-state index is 0.0768. The van der Waals surface area contributed by atoms with Gasteiger partial charge in [0.05, 0.1) is 12.2 Å². The third-order valence-corrected chi connectivity index (χ3v) is 2.72. The Kier molecular flexibility index (Phi) is 2.66. The van der Waals surface area contributed by atoms with Gasteiger partial charge in [-0.05, 0) is 25.1 Å². The number of carboxylic acids is 1. The SMILES string of the molecule is CCn1cc(CO)c2cc(C(=O)O)ccc21. The van der Waals surface area contributed by atoms with E-state index >= 15 is 0 Å². The summed E-state index contributed by atoms with van der Waals surface area (Å²) in [4.78, 5) is 10.9. The summed E-state index contributed by atoms with van der Waals surface area (Å²) in [5.74, 6) is -0.949. The largest absolute Gasteiger partial charge is 0.478 e. The van der Waals surface area contributed by atoms with Gasteiger partial charge in [0.15, 0.2) is 0 Å². The summed E-state index contributed by atoms with van der Waals surface area (Å²) < 4.78 is 1.99. The second-order valence-electron chi connectivity index (χ2n) is 3.64. The van der Waals surface area contributed by atoms with Crippen LogP contribution in [0.15, 0.2) is 24.4 Å². The van der Waals surface area contributed by atoms with Crippen LogP contribution in [0.1, 0.15) is 22.8 Å². The highest BCUT2D eigenvalue weighted by molar-refractivity contribution is 5.94. The number of aliphatic hydroxyl groups is 1. The molecule has 0 saturated carbocycles. The van der Waals surface area contributed by atoms with E-state index in [4.69, 9.17) is 5.11 Å². The van der Waals surface area contributed by atoms with Crippen LogP contribution < -0.4 is 0 Å². The lowest BCUT2D eigenvalue weighted by Crippen LogP contribution is -1.96. The van der Waals surface area contributed by atoms with Crippen LogP contribution in [0.5, 0.6) is 0 Å². The molecule has 84 valence electrons. The number of hydrogen-bond donors (Lipinski definition) is 2. The van der Waals surface area contributed by atoms with E-state index in [-0.39, 0.29) is 12.2 Å². The van der Waals surface area contributed by atoms with Crippen LogP contribution >= 0.6 is 0 Å². The Morgan fingerprint density at radius 3 is 2.75 bits per heavy atom. The third-order valence-electron chi connectivity index (χ3n) is 2.72. The van der Waals surface area contributed by atoms with Crippen molar-refractivity contribution in [2.45, 2.75) is 20.1 Å². The van der Waals surface area contributed by atoms with Gasteiger partial charge in [-0.3, -0.25) is 0 Å². The fraction of sp³-hybridized carbons (Fsp3) is 0.250. The van der Waals surface area contributed by atoms with Gasteiger partial charge in [-0.2, -0.15) is 0 Å². The molecule has 0 radical (unpaired) electrons. The molecule has 0 saturated heterocycles. The molecule has 0 amide bonds. The topological polar surface area (TPSA) is 62.5 Å². The Morgan fingerprint density at radius 1 is 1.44 bits per heavy atom. The number of hydrogen-bond acceptors (Lipinski definition) is 2. The summed E-state index contributed by atoms with van der Waals surface area (Å²) in [5, 5.41) is 18.9. The monoisotopic (exact) mass is 219 g/mol. The van der Waals surface area contributed by atoms with E-state index in [2.05, 4.69) is 0 Å². The maximum Gasteiger partial charge on any atom is 0.335 e. The summed E-state index contributed by atoms with van der Waals surface area (Å²) in [7, 11) is 0. The normalized spacial score (nSPS) is 10.9. The van der Waals surface area contributed by atoms with E-state index in [1.165, 1.54) is 0 Å². The van der Waals surface area contributed by atoms with Crippen LogP contribution in [-0.2, 0) is 13.2 Å². The standard InChI is InChI=1S/C12H13NO3/c1-2-13-6-9(7-14)10-5-8(12(15)16)3-4-11(10)13/h3-6,14H,2,7H2,1H3,(H,15,16). The van der Waals surface area contributed by atoms with Gasteiger partial charge in [0.25, 0.3) is 0 Å². The molecule has 1 heterocycles. The fourth-order valence-corrected chi connectivity index (χ4v) is 1.89. The van der Waals surface area contributed by atoms with E-state index in [1.807, 2.05) is 17.7 Å². The molecule has 1 aromatic heterocycles. The van der Waals surface area contributed by atoms with Gasteiger partial charge >= 0.3 is 5.97 Å². The van der Waals surface area contributed by atoms with Gasteiger partial charge in [-0.15, -0.1) is 0 Å². The lowest BCUT2D eigenvalue weighted by atomic mass is 10.1. The van der Waals surface area contributed by atoms with E-state index in [9.17, 15) is 9.90 Å². The number of benzene rings is 1. The first-order valence-electron chi connectivity index (χ1n) is 5.13. The lowest BCUT2D eigenvalue weighted by molar-refractivity contribution is 0.0697. The van der Waals surface area contributed by atoms with Crippen molar-refractivity contribution in [2.75, 3.05) is 0 Å². The number of carboxylic acid groups (broad SMARTS) is 1. The highest BCUT2D eigenvalue weighted by atomic mass is 16.4. The highest BCUT2D eigenvalue weighted by Crippen LogP contribution is 2.23. The van der Waals surface area contributed by atoms with Crippen LogP contribution in [0.4, 0.5) is 0 Å². The fourth-order valence-electron chi connectivity index (χ4n) is 1.89. The van der Waals surface area contributed by atoms with E-state index in [0.29, 0.717) is 0 Å². The van der Waals surface area contributed by atoms with Gasteiger partial charge in [0.1, 0.15) is 0 Å². The minimum atomic E-state index is -0.949. The summed E-state index contributed by atoms with van der Waals surface area (Å²) in [6, 6.07) is 4.97. The molecular formula is C12H13NO3. The molecule has 0 fully saturated rings. The van der Waals surface area contributed by atoms with Crippen LogP contribution in [-0.4, -0.2) is 20.7 Å². The molecule has 2 aromatic rings. The van der Waals surface area contributed by atoms with Gasteiger partial charge < -0.3 is 14.8 Å². The molecular weight excluding hydrogens is 206 g/mol. The molecule has 0 aliphatic heterocycles. The maximum atomic E-state index is 10.9. The second-order valence-corrected chi connectivity index (χ2v) is 3.64. The molecule has 0 atom stereocenters. The van der Waals surface area contributed by atoms with Crippen molar-refractivity contribution in [3.8, 4) is 0 Å². The molecule has 2 rings (SSSR count). The molecule has 2 N–H and O–H groups in total. The first-order valence-corrected chi connectivity index (χ1v) is 5.13. The summed E-state index contributed by atoms with van der Waals surface area (Å²) in [6.07, 6.45) is 1.86. The van der Waals surface area contributed by atoms with Gasteiger partial charge in [-0.1, -0.05) is 0 Å². The number of aromatic carboxylic acids is 1. The predicted octanol–water partition coefficient (Wildman–Crippen LogP) is 1.85. The molecule has 0 spiro atoms. The van der Waals surface area contributed by atoms with Crippen molar-refractivity contribution in [1.29, 1.82) is 0 Å². The van der Waals surface area contributed by atoms with Crippen molar-refractivity contribution < 1.29 is 15.0 Å². The Balaban J connectivity index is 2.71. The Labute approximate surface area is 92.7 Å². The van der Waals surface area contributed by atoms with Crippen molar-refractivity contribution in [3.63, 3.8) is 0 Å². The predicted molar refractivity (Wildman–Crippen MR) is 60.5 cm³/mol. The Hall–Kier alpha value is -1.81. The number of aryl methyl sites for hydroxylation is 1. The Morgan fingerprint density at radius 2 is 2.19 bits per heavy atom. The van der Waals surface area contributed by atoms with Crippen LogP contribution in [0, 0.1) is 0 Å². The number of aliphatic hydroxyl groups excluding tert-OH is 1. The number of rotatable bonds is 3. The average molecular weight is 219 g/mol. The first kappa shape index (κ1) is 10.7. The molecule has 0 unspecified atom stereocenters. The number of carbonyl (C=O) groups is 1. The first-order chi connectivity index (χ1) is 7.67. The van der Waals surface area contributed by atoms with Gasteiger partial charge in [-0.25, -0.2) is 4.79 Å². The van der Waals surface area contributed by atoms with Crippen molar-refractivity contribution >= 4 is 16.9 Å². The quantitative estimate of drug-likeness (QED) is 0.828. The van der Waals surface area contributed by atoms with Crippen LogP contribution in [0.25, 0.3) is 10.9 Å². The molecule has 4 heteroatoms. The Bertz CT molecular complexity index is 542. The highest BCUT2D eigenvalue weighted by Gasteiger charge is 2.10. The molecule has 0 aliphatic carbocycles. The second kappa shape index (κ2) is 3.98. The van der Waals surface area contributed by atoms with Crippen molar-refractivity contribution in [1.82, 2.24) is 4.57 Å². The van der Waals surface area contributed by atoms with E-state index < -0.39 is 5.97 Å². The molecule has 1 aromatic carbocycles. The zero-order chi connectivity index (χ0) is 11.7. The molecule has 4 nitrogen and oxygen atoms in total. The van der Waals surface area contributed by atoms with Gasteiger partial charge in [0.2, 0.25) is 0 Å². The van der Waals surface area contributed by atoms with Crippen LogP contribution in [0.2, 0.25) is 0 Å². The lowest BCUT2D eigenvalue weighted by Gasteiger charge is -2.00.